The number of carbonyl (C=O) groups is 4. The van der Waals surface area contributed by atoms with Crippen molar-refractivity contribution in [3.05, 3.63) is 11.1 Å². The Balaban J connectivity index is 2.24. The predicted molar refractivity (Wildman–Crippen MR) is 104 cm³/mol. The van der Waals surface area contributed by atoms with Gasteiger partial charge in [-0.3, -0.25) is 24.1 Å². The first kappa shape index (κ1) is 24.3. The zero-order valence-electron chi connectivity index (χ0n) is 15.0. The summed E-state index contributed by atoms with van der Waals surface area (Å²) >= 11 is 1.29. The number of oxime groups is 1. The number of nitrogens with two attached hydrogens (primary N) is 1. The van der Waals surface area contributed by atoms with Gasteiger partial charge in [-0.25, -0.2) is 19.6 Å². The maximum Gasteiger partial charge on any atom is 0.362 e. The lowest BCUT2D eigenvalue weighted by molar-refractivity contribution is -0.143. The lowest BCUT2D eigenvalue weighted by Crippen LogP contribution is -2.73. The third-order valence-electron chi connectivity index (χ3n) is 3.50. The molecular weight excluding hydrogens is 484 g/mol. The van der Waals surface area contributed by atoms with Crippen molar-refractivity contribution in [2.45, 2.75) is 12.1 Å². The lowest BCUT2D eigenvalue weighted by atomic mass is 10.0. The second-order valence-electron chi connectivity index (χ2n) is 5.52. The number of β-lactam (4-membered cyclic amide) rings is 1. The van der Waals surface area contributed by atoms with Crippen LogP contribution in [0.4, 0.5) is 9.93 Å². The Morgan fingerprint density at radius 3 is 2.61 bits per heavy atom. The van der Waals surface area contributed by atoms with Gasteiger partial charge in [0.25, 0.3) is 11.8 Å². The summed E-state index contributed by atoms with van der Waals surface area (Å²) in [6, 6.07) is -2.91. The van der Waals surface area contributed by atoms with Gasteiger partial charge in [0.15, 0.2) is 10.8 Å². The number of aliphatic carboxylic acids is 1. The predicted octanol–water partition coefficient (Wildman–Crippen LogP) is -2.14. The van der Waals surface area contributed by atoms with E-state index in [-0.39, 0.29) is 15.1 Å². The molecule has 7 N–H and O–H groups in total. The summed E-state index contributed by atoms with van der Waals surface area (Å²) in [6.45, 7) is -0.898. The van der Waals surface area contributed by atoms with Gasteiger partial charge < -0.3 is 21.0 Å². The van der Waals surface area contributed by atoms with E-state index < -0.39 is 63.5 Å². The van der Waals surface area contributed by atoms with Crippen molar-refractivity contribution in [2.75, 3.05) is 18.1 Å². The van der Waals surface area contributed by atoms with E-state index in [0.717, 1.165) is 11.3 Å². The van der Waals surface area contributed by atoms with Crippen LogP contribution in [0.2, 0.25) is 0 Å². The number of hydroxylamine groups is 1. The van der Waals surface area contributed by atoms with Crippen LogP contribution in [-0.2, 0) is 29.5 Å². The first-order valence-electron chi connectivity index (χ1n) is 7.77. The fourth-order valence-electron chi connectivity index (χ4n) is 2.28. The number of rotatable bonds is 9. The minimum atomic E-state index is -5.00. The van der Waals surface area contributed by atoms with Gasteiger partial charge in [-0.15, -0.1) is 11.3 Å². The summed E-state index contributed by atoms with van der Waals surface area (Å²) in [5.74, 6) is -4.15. The molecule has 1 aromatic heterocycles. The first-order chi connectivity index (χ1) is 14.5. The van der Waals surface area contributed by atoms with Crippen LogP contribution in [0.1, 0.15) is 5.69 Å². The van der Waals surface area contributed by atoms with Crippen molar-refractivity contribution in [3.8, 4) is 0 Å². The van der Waals surface area contributed by atoms with Crippen molar-refractivity contribution in [1.29, 1.82) is 0 Å². The molecule has 2 atom stereocenters. The number of aromatic nitrogens is 1. The highest BCUT2D eigenvalue weighted by Crippen LogP contribution is 2.27. The summed E-state index contributed by atoms with van der Waals surface area (Å²) in [5, 5.41) is 23.0. The normalized spacial score (nSPS) is 18.8. The summed E-state index contributed by atoms with van der Waals surface area (Å²) in [5.41, 5.74) is 6.10. The van der Waals surface area contributed by atoms with Crippen LogP contribution in [0.25, 0.3) is 0 Å². The van der Waals surface area contributed by atoms with E-state index in [1.54, 1.807) is 0 Å². The van der Waals surface area contributed by atoms with Crippen LogP contribution >= 0.6 is 23.1 Å². The van der Waals surface area contributed by atoms with Crippen LogP contribution in [0.3, 0.4) is 0 Å². The van der Waals surface area contributed by atoms with E-state index in [9.17, 15) is 32.1 Å². The number of anilines is 1. The van der Waals surface area contributed by atoms with Gasteiger partial charge in [-0.2, -0.15) is 8.42 Å². The van der Waals surface area contributed by atoms with Crippen LogP contribution < -0.4 is 16.5 Å². The second kappa shape index (κ2) is 9.87. The number of amides is 3. The maximum absolute atomic E-state index is 12.6. The molecule has 0 unspecified atom stereocenters. The van der Waals surface area contributed by atoms with E-state index in [0.29, 0.717) is 11.8 Å². The molecule has 19 heteroatoms. The van der Waals surface area contributed by atoms with Crippen LogP contribution in [0.5, 0.6) is 0 Å². The van der Waals surface area contributed by atoms with E-state index >= 15 is 0 Å². The second-order valence-corrected chi connectivity index (χ2v) is 8.69. The quantitative estimate of drug-likeness (QED) is 0.0699. The molecule has 0 aliphatic carbocycles. The number of carboxylic acid groups (broad SMARTS) is 1. The molecular formula is C12H14N6O10S3. The molecule has 2 heterocycles. The molecule has 1 fully saturated rings. The topological polar surface area (TPSA) is 251 Å². The highest BCUT2D eigenvalue weighted by atomic mass is 32.2. The SMILES string of the molecule is Nc1nc(/C(=N/OCC(=O)O)C(=O)N[C@@H]2C(=O)N(S(=O)(=O)O)[C@@H]2CSC(=O)NO)cs1. The van der Waals surface area contributed by atoms with Gasteiger partial charge in [-0.05, 0) is 0 Å². The Kier molecular flexibility index (Phi) is 7.73. The van der Waals surface area contributed by atoms with E-state index in [1.165, 1.54) is 10.9 Å². The number of nitrogens with one attached hydrogen (secondary N) is 2. The summed E-state index contributed by atoms with van der Waals surface area (Å²) in [4.78, 5) is 54.9. The van der Waals surface area contributed by atoms with Gasteiger partial charge in [0.2, 0.25) is 6.61 Å². The Morgan fingerprint density at radius 2 is 2.10 bits per heavy atom. The number of nitrogen functional groups attached to an aromatic ring is 1. The Hall–Kier alpha value is -3.00. The fraction of sp³-hybridized carbons (Fsp3) is 0.333. The molecule has 3 amide bonds. The van der Waals surface area contributed by atoms with Gasteiger partial charge in [0.05, 0.1) is 6.04 Å². The van der Waals surface area contributed by atoms with Crippen molar-refractivity contribution in [2.24, 2.45) is 5.16 Å². The van der Waals surface area contributed by atoms with Crippen LogP contribution in [0, 0.1) is 0 Å². The average molecular weight is 498 g/mol. The summed E-state index contributed by atoms with van der Waals surface area (Å²) in [6.07, 6.45) is 0. The summed E-state index contributed by atoms with van der Waals surface area (Å²) < 4.78 is 32.1. The van der Waals surface area contributed by atoms with Crippen molar-refractivity contribution >= 4 is 67.3 Å². The van der Waals surface area contributed by atoms with Crippen LogP contribution in [0.15, 0.2) is 10.5 Å². The molecule has 0 radical (unpaired) electrons. The standard InChI is InChI=1S/C12H14N6O10S3/c13-11-14-4(2-29-11)7(17-28-1-6(19)20)9(21)15-8-5(3-30-12(23)16-24)18(10(8)22)31(25,26)27/h2,5,8,24H,1,3H2,(H2,13,14)(H,15,21)(H,16,23)(H,19,20)(H,25,26,27)/b17-7-/t5-,8+/m1/s1. The molecule has 0 aromatic carbocycles. The minimum Gasteiger partial charge on any atom is -0.479 e. The highest BCUT2D eigenvalue weighted by molar-refractivity contribution is 8.13. The third-order valence-corrected chi connectivity index (χ3v) is 5.99. The van der Waals surface area contributed by atoms with Crippen molar-refractivity contribution < 1.29 is 47.3 Å². The van der Waals surface area contributed by atoms with Gasteiger partial charge in [0, 0.05) is 11.1 Å². The van der Waals surface area contributed by atoms with Crippen molar-refractivity contribution in [3.63, 3.8) is 0 Å². The number of carbonyl (C=O) groups excluding carboxylic acids is 3. The molecule has 0 spiro atoms. The number of hydrogen-bond donors (Lipinski definition) is 6. The third kappa shape index (κ3) is 6.01. The van der Waals surface area contributed by atoms with Gasteiger partial charge in [-0.1, -0.05) is 16.9 Å². The fourth-order valence-corrected chi connectivity index (χ4v) is 4.53. The largest absolute Gasteiger partial charge is 0.479 e. The lowest BCUT2D eigenvalue weighted by Gasteiger charge is -2.43. The maximum atomic E-state index is 12.6. The monoisotopic (exact) mass is 498 g/mol. The molecule has 170 valence electrons. The Labute approximate surface area is 181 Å². The molecule has 31 heavy (non-hydrogen) atoms. The highest BCUT2D eigenvalue weighted by Gasteiger charge is 2.54. The number of carboxylic acids is 1. The first-order valence-corrected chi connectivity index (χ1v) is 11.0. The van der Waals surface area contributed by atoms with Crippen LogP contribution in [-0.4, -0.2) is 85.8 Å². The van der Waals surface area contributed by atoms with Gasteiger partial charge >= 0.3 is 21.5 Å². The number of nitrogens with zero attached hydrogens (tertiary/aromatic N) is 3. The molecule has 0 saturated carbocycles. The molecule has 1 aliphatic heterocycles. The van der Waals surface area contributed by atoms with Gasteiger partial charge in [0.1, 0.15) is 11.7 Å². The van der Waals surface area contributed by atoms with E-state index in [1.807, 2.05) is 0 Å². The average Bonchev–Trinajstić information content (AvgIpc) is 3.10. The molecule has 0 bridgehead atoms. The number of thioether (sulfide) groups is 1. The molecule has 1 saturated heterocycles. The molecule has 2 rings (SSSR count). The zero-order chi connectivity index (χ0) is 23.3. The van der Waals surface area contributed by atoms with Crippen molar-refractivity contribution in [1.82, 2.24) is 20.1 Å². The Morgan fingerprint density at radius 1 is 1.42 bits per heavy atom. The smallest absolute Gasteiger partial charge is 0.362 e. The Bertz CT molecular complexity index is 1020. The number of thiazole rings is 1. The summed E-state index contributed by atoms with van der Waals surface area (Å²) in [7, 11) is -5.00. The molecule has 1 aromatic rings. The van der Waals surface area contributed by atoms with E-state index in [2.05, 4.69) is 20.3 Å². The minimum absolute atomic E-state index is 0.0373. The number of hydrogen-bond acceptors (Lipinski definition) is 13. The zero-order valence-corrected chi connectivity index (χ0v) is 17.4. The molecule has 1 aliphatic rings. The molecule has 16 nitrogen and oxygen atoms in total. The van der Waals surface area contributed by atoms with E-state index in [4.69, 9.17) is 16.0 Å².